The quantitative estimate of drug-likeness (QED) is 0.243. The molecule has 0 rings (SSSR count). The van der Waals surface area contributed by atoms with Crippen LogP contribution in [0.3, 0.4) is 0 Å². The standard InChI is InChI=1S/C6H14N4O/c1-2-3-4-10(5-11)9-6(7)8/h5H,2-4H2,1H3,(H4,7,8,9). The van der Waals surface area contributed by atoms with Crippen molar-refractivity contribution in [2.75, 3.05) is 6.54 Å². The Balaban J connectivity index is 3.76. The zero-order chi connectivity index (χ0) is 8.69. The van der Waals surface area contributed by atoms with E-state index >= 15 is 0 Å². The van der Waals surface area contributed by atoms with E-state index in [0.717, 1.165) is 12.8 Å². The number of carbonyl (C=O) groups is 1. The lowest BCUT2D eigenvalue weighted by Gasteiger charge is -2.09. The van der Waals surface area contributed by atoms with E-state index in [1.165, 1.54) is 5.01 Å². The van der Waals surface area contributed by atoms with Crippen LogP contribution in [0, 0.1) is 0 Å². The Morgan fingerprint density at radius 3 is 2.64 bits per heavy atom. The second-order valence-electron chi connectivity index (χ2n) is 2.15. The fourth-order valence-corrected chi connectivity index (χ4v) is 0.595. The van der Waals surface area contributed by atoms with E-state index in [1.807, 2.05) is 6.92 Å². The Morgan fingerprint density at radius 1 is 1.64 bits per heavy atom. The van der Waals surface area contributed by atoms with E-state index in [2.05, 4.69) is 5.10 Å². The van der Waals surface area contributed by atoms with E-state index < -0.39 is 0 Å². The molecule has 0 unspecified atom stereocenters. The van der Waals surface area contributed by atoms with Crippen molar-refractivity contribution in [2.24, 2.45) is 16.6 Å². The Bertz CT molecular complexity index is 142. The summed E-state index contributed by atoms with van der Waals surface area (Å²) in [5, 5.41) is 4.76. The second kappa shape index (κ2) is 5.52. The maximum Gasteiger partial charge on any atom is 0.229 e. The van der Waals surface area contributed by atoms with Crippen molar-refractivity contribution in [3.8, 4) is 0 Å². The molecule has 11 heavy (non-hydrogen) atoms. The molecular formula is C6H14N4O. The summed E-state index contributed by atoms with van der Waals surface area (Å²) in [5.74, 6) is -0.0896. The van der Waals surface area contributed by atoms with Crippen molar-refractivity contribution in [1.29, 1.82) is 0 Å². The maximum atomic E-state index is 10.3. The SMILES string of the molecule is CCCCN(C=O)N=C(N)N. The van der Waals surface area contributed by atoms with Gasteiger partial charge in [-0.3, -0.25) is 4.79 Å². The molecule has 64 valence electrons. The molecule has 4 N–H and O–H groups in total. The van der Waals surface area contributed by atoms with Gasteiger partial charge in [-0.05, 0) is 6.42 Å². The first kappa shape index (κ1) is 9.74. The van der Waals surface area contributed by atoms with Crippen LogP contribution in [0.2, 0.25) is 0 Å². The lowest BCUT2D eigenvalue weighted by atomic mass is 10.3. The number of hydrogen-bond donors (Lipinski definition) is 2. The fraction of sp³-hybridized carbons (Fsp3) is 0.667. The van der Waals surface area contributed by atoms with Gasteiger partial charge in [0, 0.05) is 6.54 Å². The molecule has 0 saturated carbocycles. The summed E-state index contributed by atoms with van der Waals surface area (Å²) in [5.41, 5.74) is 10.1. The average Bonchev–Trinajstić information content (AvgIpc) is 1.97. The molecule has 0 heterocycles. The van der Waals surface area contributed by atoms with Gasteiger partial charge in [-0.25, -0.2) is 5.01 Å². The lowest BCUT2D eigenvalue weighted by molar-refractivity contribution is -0.118. The van der Waals surface area contributed by atoms with Crippen molar-refractivity contribution in [1.82, 2.24) is 5.01 Å². The summed E-state index contributed by atoms with van der Waals surface area (Å²) >= 11 is 0. The molecule has 0 saturated heterocycles. The highest BCUT2D eigenvalue weighted by molar-refractivity contribution is 5.76. The molecular weight excluding hydrogens is 144 g/mol. The number of amides is 1. The van der Waals surface area contributed by atoms with Crippen LogP contribution in [-0.2, 0) is 4.79 Å². The van der Waals surface area contributed by atoms with Crippen molar-refractivity contribution < 1.29 is 4.79 Å². The number of unbranched alkanes of at least 4 members (excludes halogenated alkanes) is 1. The monoisotopic (exact) mass is 158 g/mol. The van der Waals surface area contributed by atoms with Crippen molar-refractivity contribution in [2.45, 2.75) is 19.8 Å². The van der Waals surface area contributed by atoms with Crippen LogP contribution >= 0.6 is 0 Å². The van der Waals surface area contributed by atoms with Crippen LogP contribution in [0.1, 0.15) is 19.8 Å². The minimum Gasteiger partial charge on any atom is -0.369 e. The van der Waals surface area contributed by atoms with Crippen LogP contribution in [-0.4, -0.2) is 23.9 Å². The Morgan fingerprint density at radius 2 is 2.27 bits per heavy atom. The molecule has 0 radical (unpaired) electrons. The van der Waals surface area contributed by atoms with Gasteiger partial charge in [0.15, 0.2) is 0 Å². The molecule has 0 fully saturated rings. The molecule has 0 aliphatic heterocycles. The third-order valence-corrected chi connectivity index (χ3v) is 1.11. The fourth-order valence-electron chi connectivity index (χ4n) is 0.595. The van der Waals surface area contributed by atoms with Crippen LogP contribution < -0.4 is 11.5 Å². The van der Waals surface area contributed by atoms with Crippen molar-refractivity contribution >= 4 is 12.4 Å². The molecule has 5 heteroatoms. The van der Waals surface area contributed by atoms with E-state index in [-0.39, 0.29) is 5.96 Å². The van der Waals surface area contributed by atoms with Crippen LogP contribution in [0.4, 0.5) is 0 Å². The molecule has 0 aromatic rings. The van der Waals surface area contributed by atoms with Gasteiger partial charge in [0.05, 0.1) is 0 Å². The zero-order valence-corrected chi connectivity index (χ0v) is 6.66. The second-order valence-corrected chi connectivity index (χ2v) is 2.15. The molecule has 0 aliphatic rings. The van der Waals surface area contributed by atoms with E-state index in [4.69, 9.17) is 11.5 Å². The van der Waals surface area contributed by atoms with E-state index in [1.54, 1.807) is 0 Å². The third kappa shape index (κ3) is 5.20. The summed E-state index contributed by atoms with van der Waals surface area (Å²) in [6, 6.07) is 0. The molecule has 0 aliphatic carbocycles. The number of guanidine groups is 1. The van der Waals surface area contributed by atoms with Crippen LogP contribution in [0.25, 0.3) is 0 Å². The van der Waals surface area contributed by atoms with Gasteiger partial charge >= 0.3 is 0 Å². The van der Waals surface area contributed by atoms with Gasteiger partial charge in [0.1, 0.15) is 0 Å². The summed E-state index contributed by atoms with van der Waals surface area (Å²) in [7, 11) is 0. The van der Waals surface area contributed by atoms with E-state index in [9.17, 15) is 4.79 Å². The predicted molar refractivity (Wildman–Crippen MR) is 43.5 cm³/mol. The highest BCUT2D eigenvalue weighted by Crippen LogP contribution is 1.91. The third-order valence-electron chi connectivity index (χ3n) is 1.11. The lowest BCUT2D eigenvalue weighted by Crippen LogP contribution is -2.29. The minimum atomic E-state index is -0.0896. The molecule has 0 spiro atoms. The first-order chi connectivity index (χ1) is 5.20. The highest BCUT2D eigenvalue weighted by Gasteiger charge is 1.96. The van der Waals surface area contributed by atoms with Gasteiger partial charge in [-0.1, -0.05) is 13.3 Å². The van der Waals surface area contributed by atoms with E-state index in [0.29, 0.717) is 13.0 Å². The number of carbonyl (C=O) groups excluding carboxylic acids is 1. The molecule has 0 aromatic carbocycles. The van der Waals surface area contributed by atoms with Crippen molar-refractivity contribution in [3.63, 3.8) is 0 Å². The normalized spacial score (nSPS) is 8.82. The van der Waals surface area contributed by atoms with Crippen LogP contribution in [0.5, 0.6) is 0 Å². The zero-order valence-electron chi connectivity index (χ0n) is 6.66. The molecule has 0 aromatic heterocycles. The van der Waals surface area contributed by atoms with Gasteiger partial charge in [-0.15, -0.1) is 5.10 Å². The number of hydrazone groups is 1. The number of nitrogens with zero attached hydrogens (tertiary/aromatic N) is 2. The largest absolute Gasteiger partial charge is 0.369 e. The highest BCUT2D eigenvalue weighted by atomic mass is 16.1. The van der Waals surface area contributed by atoms with Crippen molar-refractivity contribution in [3.05, 3.63) is 0 Å². The van der Waals surface area contributed by atoms with Crippen LogP contribution in [0.15, 0.2) is 5.10 Å². The first-order valence-corrected chi connectivity index (χ1v) is 3.52. The van der Waals surface area contributed by atoms with Gasteiger partial charge in [-0.2, -0.15) is 0 Å². The molecule has 0 bridgehead atoms. The topological polar surface area (TPSA) is 84.7 Å². The number of hydrogen-bond acceptors (Lipinski definition) is 2. The predicted octanol–water partition coefficient (Wildman–Crippen LogP) is -0.567. The first-order valence-electron chi connectivity index (χ1n) is 3.52. The molecule has 5 nitrogen and oxygen atoms in total. The minimum absolute atomic E-state index is 0.0896. The number of rotatable bonds is 5. The van der Waals surface area contributed by atoms with Gasteiger partial charge in [0.2, 0.25) is 12.4 Å². The summed E-state index contributed by atoms with van der Waals surface area (Å²) in [6.07, 6.45) is 2.51. The average molecular weight is 158 g/mol. The maximum absolute atomic E-state index is 10.3. The molecule has 0 atom stereocenters. The smallest absolute Gasteiger partial charge is 0.229 e. The Hall–Kier alpha value is -1.26. The van der Waals surface area contributed by atoms with Gasteiger partial charge in [0.25, 0.3) is 0 Å². The summed E-state index contributed by atoms with van der Waals surface area (Å²) in [4.78, 5) is 10.3. The summed E-state index contributed by atoms with van der Waals surface area (Å²) < 4.78 is 0. The molecule has 1 amide bonds. The number of nitrogens with two attached hydrogens (primary N) is 2. The Labute approximate surface area is 66.0 Å². The summed E-state index contributed by atoms with van der Waals surface area (Å²) in [6.45, 7) is 2.59. The Kier molecular flexibility index (Phi) is 4.89. The van der Waals surface area contributed by atoms with Gasteiger partial charge < -0.3 is 11.5 Å².